The van der Waals surface area contributed by atoms with E-state index in [1.54, 1.807) is 0 Å². The van der Waals surface area contributed by atoms with E-state index in [0.717, 1.165) is 46.3 Å². The topological polar surface area (TPSA) is 42.7 Å². The molecular weight excluding hydrogens is 374 g/mol. The SMILES string of the molecule is CC[C@H](C)c1ccc(N2COc3c(cc4c(oc(=O)c5ccccc54)c3C)C2)cc1. The molecule has 0 bridgehead atoms. The van der Waals surface area contributed by atoms with Gasteiger partial charge >= 0.3 is 5.63 Å². The quantitative estimate of drug-likeness (QED) is 0.307. The molecule has 0 fully saturated rings. The third-order valence-electron chi connectivity index (χ3n) is 6.33. The molecule has 30 heavy (non-hydrogen) atoms. The van der Waals surface area contributed by atoms with Crippen molar-refractivity contribution in [2.75, 3.05) is 11.6 Å². The normalized spacial score (nSPS) is 14.6. The molecule has 0 aliphatic carbocycles. The highest BCUT2D eigenvalue weighted by atomic mass is 16.5. The van der Waals surface area contributed by atoms with Crippen LogP contribution in [0.15, 0.2) is 63.8 Å². The molecule has 0 unspecified atom stereocenters. The number of nitrogens with zero attached hydrogens (tertiary/aromatic N) is 1. The van der Waals surface area contributed by atoms with Gasteiger partial charge in [-0.1, -0.05) is 44.2 Å². The van der Waals surface area contributed by atoms with Crippen LogP contribution in [0.2, 0.25) is 0 Å². The minimum absolute atomic E-state index is 0.306. The van der Waals surface area contributed by atoms with Crippen LogP contribution >= 0.6 is 0 Å². The monoisotopic (exact) mass is 399 g/mol. The van der Waals surface area contributed by atoms with Gasteiger partial charge in [-0.05, 0) is 54.5 Å². The molecule has 0 spiro atoms. The molecule has 3 aromatic carbocycles. The molecule has 5 rings (SSSR count). The highest BCUT2D eigenvalue weighted by Crippen LogP contribution is 2.38. The molecule has 4 heteroatoms. The average molecular weight is 399 g/mol. The summed E-state index contributed by atoms with van der Waals surface area (Å²) in [6.45, 7) is 7.66. The zero-order valence-corrected chi connectivity index (χ0v) is 17.6. The summed E-state index contributed by atoms with van der Waals surface area (Å²) in [5.74, 6) is 1.39. The van der Waals surface area contributed by atoms with Crippen LogP contribution in [-0.2, 0) is 6.54 Å². The zero-order chi connectivity index (χ0) is 20.8. The smallest absolute Gasteiger partial charge is 0.344 e. The van der Waals surface area contributed by atoms with Gasteiger partial charge in [0.2, 0.25) is 0 Å². The van der Waals surface area contributed by atoms with E-state index in [1.807, 2.05) is 31.2 Å². The van der Waals surface area contributed by atoms with Crippen molar-refractivity contribution in [3.05, 3.63) is 81.7 Å². The maximum Gasteiger partial charge on any atom is 0.344 e. The molecular formula is C26H25NO3. The maximum absolute atomic E-state index is 12.4. The molecule has 1 atom stereocenters. The van der Waals surface area contributed by atoms with Gasteiger partial charge < -0.3 is 14.1 Å². The fraction of sp³-hybridized carbons (Fsp3) is 0.269. The fourth-order valence-electron chi connectivity index (χ4n) is 4.35. The van der Waals surface area contributed by atoms with Crippen molar-refractivity contribution in [2.45, 2.75) is 39.7 Å². The fourth-order valence-corrected chi connectivity index (χ4v) is 4.35. The van der Waals surface area contributed by atoms with Crippen molar-refractivity contribution in [2.24, 2.45) is 0 Å². The van der Waals surface area contributed by atoms with Gasteiger partial charge in [-0.25, -0.2) is 4.79 Å². The second kappa shape index (κ2) is 7.21. The van der Waals surface area contributed by atoms with Gasteiger partial charge in [0.1, 0.15) is 11.3 Å². The lowest BCUT2D eigenvalue weighted by Gasteiger charge is -2.32. The van der Waals surface area contributed by atoms with Crippen LogP contribution in [-0.4, -0.2) is 6.73 Å². The lowest BCUT2D eigenvalue weighted by atomic mass is 9.98. The first kappa shape index (κ1) is 18.7. The molecule has 4 nitrogen and oxygen atoms in total. The Morgan fingerprint density at radius 1 is 1.03 bits per heavy atom. The molecule has 2 heterocycles. The highest BCUT2D eigenvalue weighted by Gasteiger charge is 2.23. The summed E-state index contributed by atoms with van der Waals surface area (Å²) in [5, 5.41) is 2.49. The van der Waals surface area contributed by atoms with E-state index in [1.165, 1.54) is 5.56 Å². The Kier molecular flexibility index (Phi) is 4.50. The Labute approximate surface area is 175 Å². The zero-order valence-electron chi connectivity index (χ0n) is 17.6. The van der Waals surface area contributed by atoms with Gasteiger partial charge in [0.15, 0.2) is 6.73 Å². The van der Waals surface area contributed by atoms with Gasteiger partial charge in [0.05, 0.1) is 5.39 Å². The van der Waals surface area contributed by atoms with Gasteiger partial charge in [0.25, 0.3) is 0 Å². The third kappa shape index (κ3) is 2.95. The largest absolute Gasteiger partial charge is 0.472 e. The Morgan fingerprint density at radius 2 is 1.77 bits per heavy atom. The van der Waals surface area contributed by atoms with Crippen LogP contribution in [0.5, 0.6) is 5.75 Å². The summed E-state index contributed by atoms with van der Waals surface area (Å²) in [4.78, 5) is 14.7. The van der Waals surface area contributed by atoms with Crippen molar-refractivity contribution in [1.29, 1.82) is 0 Å². The minimum atomic E-state index is -0.306. The lowest BCUT2D eigenvalue weighted by molar-refractivity contribution is 0.287. The number of fused-ring (bicyclic) bond motifs is 4. The lowest BCUT2D eigenvalue weighted by Crippen LogP contribution is -2.32. The molecule has 1 aromatic heterocycles. The standard InChI is InChI=1S/C26H25NO3/c1-4-16(2)18-9-11-20(12-10-18)27-14-19-13-23-21-7-5-6-8-22(21)26(28)30-25(23)17(3)24(19)29-15-27/h5-13,16H,4,14-15H2,1-3H3/t16-/m0/s1. The Hall–Kier alpha value is -3.27. The molecule has 0 saturated carbocycles. The van der Waals surface area contributed by atoms with Gasteiger partial charge in [-0.3, -0.25) is 0 Å². The van der Waals surface area contributed by atoms with E-state index in [-0.39, 0.29) is 5.63 Å². The number of anilines is 1. The molecule has 0 saturated heterocycles. The molecule has 152 valence electrons. The van der Waals surface area contributed by atoms with Gasteiger partial charge in [-0.15, -0.1) is 0 Å². The molecule has 0 radical (unpaired) electrons. The van der Waals surface area contributed by atoms with Crippen molar-refractivity contribution < 1.29 is 9.15 Å². The van der Waals surface area contributed by atoms with E-state index in [0.29, 0.717) is 23.6 Å². The van der Waals surface area contributed by atoms with Crippen molar-refractivity contribution in [1.82, 2.24) is 0 Å². The van der Waals surface area contributed by atoms with Gasteiger partial charge in [0, 0.05) is 28.7 Å². The summed E-state index contributed by atoms with van der Waals surface area (Å²) < 4.78 is 11.8. The third-order valence-corrected chi connectivity index (χ3v) is 6.33. The van der Waals surface area contributed by atoms with Crippen molar-refractivity contribution in [3.8, 4) is 5.75 Å². The number of hydrogen-bond acceptors (Lipinski definition) is 4. The van der Waals surface area contributed by atoms with Crippen LogP contribution in [0.4, 0.5) is 5.69 Å². The maximum atomic E-state index is 12.4. The van der Waals surface area contributed by atoms with E-state index >= 15 is 0 Å². The molecule has 1 aliphatic heterocycles. The van der Waals surface area contributed by atoms with E-state index in [2.05, 4.69) is 49.1 Å². The van der Waals surface area contributed by atoms with Crippen LogP contribution in [0.1, 0.15) is 42.9 Å². The number of benzene rings is 3. The van der Waals surface area contributed by atoms with Crippen LogP contribution in [0.3, 0.4) is 0 Å². The van der Waals surface area contributed by atoms with Crippen LogP contribution in [0, 0.1) is 6.92 Å². The van der Waals surface area contributed by atoms with Crippen molar-refractivity contribution in [3.63, 3.8) is 0 Å². The molecule has 4 aromatic rings. The molecule has 0 amide bonds. The van der Waals surface area contributed by atoms with E-state index in [4.69, 9.17) is 9.15 Å². The van der Waals surface area contributed by atoms with Crippen LogP contribution in [0.25, 0.3) is 21.7 Å². The molecule has 0 N–H and O–H groups in total. The summed E-state index contributed by atoms with van der Waals surface area (Å²) in [5.41, 5.74) is 4.81. The number of aryl methyl sites for hydroxylation is 1. The van der Waals surface area contributed by atoms with E-state index < -0.39 is 0 Å². The Morgan fingerprint density at radius 3 is 2.50 bits per heavy atom. The summed E-state index contributed by atoms with van der Waals surface area (Å²) in [7, 11) is 0. The first-order valence-electron chi connectivity index (χ1n) is 10.5. The second-order valence-electron chi connectivity index (χ2n) is 8.17. The summed E-state index contributed by atoms with van der Waals surface area (Å²) >= 11 is 0. The van der Waals surface area contributed by atoms with Crippen molar-refractivity contribution >= 4 is 27.4 Å². The average Bonchev–Trinajstić information content (AvgIpc) is 2.79. The predicted octanol–water partition coefficient (Wildman–Crippen LogP) is 6.12. The number of rotatable bonds is 3. The summed E-state index contributed by atoms with van der Waals surface area (Å²) in [6.07, 6.45) is 1.13. The predicted molar refractivity (Wildman–Crippen MR) is 122 cm³/mol. The summed E-state index contributed by atoms with van der Waals surface area (Å²) in [6, 6.07) is 18.5. The minimum Gasteiger partial charge on any atom is -0.472 e. The Bertz CT molecular complexity index is 1300. The first-order chi connectivity index (χ1) is 14.6. The second-order valence-corrected chi connectivity index (χ2v) is 8.17. The Balaban J connectivity index is 1.58. The van der Waals surface area contributed by atoms with Gasteiger partial charge in [-0.2, -0.15) is 0 Å². The van der Waals surface area contributed by atoms with E-state index in [9.17, 15) is 4.79 Å². The molecule has 1 aliphatic rings. The first-order valence-corrected chi connectivity index (χ1v) is 10.5. The van der Waals surface area contributed by atoms with Crippen LogP contribution < -0.4 is 15.3 Å². The number of hydrogen-bond donors (Lipinski definition) is 0. The highest BCUT2D eigenvalue weighted by molar-refractivity contribution is 6.06. The number of ether oxygens (including phenoxy) is 1.